The average molecular weight is 265 g/mol. The highest BCUT2D eigenvalue weighted by atomic mass is 35.5. The van der Waals surface area contributed by atoms with Gasteiger partial charge in [0.1, 0.15) is 5.82 Å². The van der Waals surface area contributed by atoms with Crippen LogP contribution in [0.2, 0.25) is 5.02 Å². The van der Waals surface area contributed by atoms with Gasteiger partial charge >= 0.3 is 0 Å². The Bertz CT molecular complexity index is 543. The van der Waals surface area contributed by atoms with Crippen LogP contribution in [0.15, 0.2) is 42.5 Å². The highest BCUT2D eigenvalue weighted by Crippen LogP contribution is 2.20. The monoisotopic (exact) mass is 264 g/mol. The zero-order valence-electron chi connectivity index (χ0n) is 9.79. The zero-order valence-corrected chi connectivity index (χ0v) is 10.5. The van der Waals surface area contributed by atoms with Crippen molar-refractivity contribution in [1.82, 2.24) is 0 Å². The molecule has 2 nitrogen and oxygen atoms in total. The van der Waals surface area contributed by atoms with E-state index >= 15 is 0 Å². The maximum Gasteiger partial charge on any atom is 0.146 e. The van der Waals surface area contributed by atoms with Crippen LogP contribution < -0.4 is 11.1 Å². The predicted octanol–water partition coefficient (Wildman–Crippen LogP) is 3.55. The number of benzene rings is 2. The van der Waals surface area contributed by atoms with Crippen LogP contribution in [0.1, 0.15) is 11.1 Å². The maximum atomic E-state index is 13.5. The fourth-order valence-corrected chi connectivity index (χ4v) is 1.87. The minimum absolute atomic E-state index is 0.311. The van der Waals surface area contributed by atoms with Crippen molar-refractivity contribution in [2.24, 2.45) is 5.73 Å². The van der Waals surface area contributed by atoms with Gasteiger partial charge in [0.2, 0.25) is 0 Å². The van der Waals surface area contributed by atoms with Crippen molar-refractivity contribution >= 4 is 17.3 Å². The molecule has 0 aliphatic carbocycles. The number of rotatable bonds is 4. The third-order valence-electron chi connectivity index (χ3n) is 2.64. The van der Waals surface area contributed by atoms with Crippen LogP contribution in [0.25, 0.3) is 0 Å². The quantitative estimate of drug-likeness (QED) is 0.886. The topological polar surface area (TPSA) is 38.0 Å². The van der Waals surface area contributed by atoms with Crippen molar-refractivity contribution in [2.45, 2.75) is 13.1 Å². The van der Waals surface area contributed by atoms with Crippen molar-refractivity contribution < 1.29 is 4.39 Å². The highest BCUT2D eigenvalue weighted by molar-refractivity contribution is 6.30. The molecule has 2 aromatic rings. The lowest BCUT2D eigenvalue weighted by molar-refractivity contribution is 0.630. The summed E-state index contributed by atoms with van der Waals surface area (Å²) in [7, 11) is 0. The number of hydrogen-bond donors (Lipinski definition) is 2. The minimum Gasteiger partial charge on any atom is -0.379 e. The Morgan fingerprint density at radius 1 is 1.11 bits per heavy atom. The number of anilines is 1. The molecule has 0 unspecified atom stereocenters. The Balaban J connectivity index is 2.08. The summed E-state index contributed by atoms with van der Waals surface area (Å²) in [6.45, 7) is 1.03. The number of nitrogens with two attached hydrogens (primary N) is 1. The molecule has 0 radical (unpaired) electrons. The lowest BCUT2D eigenvalue weighted by Gasteiger charge is -2.09. The molecule has 0 bridgehead atoms. The van der Waals surface area contributed by atoms with Gasteiger partial charge in [0.25, 0.3) is 0 Å². The van der Waals surface area contributed by atoms with E-state index in [0.717, 1.165) is 11.1 Å². The molecule has 3 N–H and O–H groups in total. The normalized spacial score (nSPS) is 10.4. The van der Waals surface area contributed by atoms with Crippen molar-refractivity contribution in [1.29, 1.82) is 0 Å². The fraction of sp³-hybridized carbons (Fsp3) is 0.143. The molecule has 0 amide bonds. The lowest BCUT2D eigenvalue weighted by atomic mass is 10.1. The smallest absolute Gasteiger partial charge is 0.146 e. The first-order chi connectivity index (χ1) is 8.69. The highest BCUT2D eigenvalue weighted by Gasteiger charge is 2.02. The van der Waals surface area contributed by atoms with Crippen LogP contribution in [0.5, 0.6) is 0 Å². The number of nitrogens with one attached hydrogen (secondary N) is 1. The van der Waals surface area contributed by atoms with E-state index in [1.807, 2.05) is 24.3 Å². The fourth-order valence-electron chi connectivity index (χ4n) is 1.70. The van der Waals surface area contributed by atoms with Crippen molar-refractivity contribution in [3.63, 3.8) is 0 Å². The first-order valence-corrected chi connectivity index (χ1v) is 6.03. The Morgan fingerprint density at radius 3 is 2.67 bits per heavy atom. The van der Waals surface area contributed by atoms with Gasteiger partial charge in [0.15, 0.2) is 0 Å². The van der Waals surface area contributed by atoms with Gasteiger partial charge in [0, 0.05) is 18.1 Å². The molecule has 0 heterocycles. The van der Waals surface area contributed by atoms with E-state index in [1.54, 1.807) is 6.07 Å². The van der Waals surface area contributed by atoms with E-state index in [4.69, 9.17) is 17.3 Å². The summed E-state index contributed by atoms with van der Waals surface area (Å²) in [5.41, 5.74) is 8.08. The molecular weight excluding hydrogens is 251 g/mol. The molecule has 0 fully saturated rings. The molecule has 18 heavy (non-hydrogen) atoms. The van der Waals surface area contributed by atoms with E-state index in [-0.39, 0.29) is 5.82 Å². The van der Waals surface area contributed by atoms with Crippen molar-refractivity contribution in [3.05, 3.63) is 64.4 Å². The van der Waals surface area contributed by atoms with Crippen LogP contribution in [0, 0.1) is 5.82 Å². The second-order valence-electron chi connectivity index (χ2n) is 4.00. The first-order valence-electron chi connectivity index (χ1n) is 5.66. The average Bonchev–Trinajstić information content (AvgIpc) is 2.40. The molecule has 0 aliphatic rings. The third kappa shape index (κ3) is 3.22. The van der Waals surface area contributed by atoms with Crippen LogP contribution in [0.4, 0.5) is 10.1 Å². The Labute approximate surface area is 111 Å². The molecule has 0 saturated carbocycles. The van der Waals surface area contributed by atoms with Gasteiger partial charge in [-0.25, -0.2) is 4.39 Å². The van der Waals surface area contributed by atoms with Crippen molar-refractivity contribution in [3.8, 4) is 0 Å². The zero-order chi connectivity index (χ0) is 13.0. The van der Waals surface area contributed by atoms with Gasteiger partial charge in [-0.2, -0.15) is 0 Å². The van der Waals surface area contributed by atoms with Gasteiger partial charge in [-0.1, -0.05) is 35.9 Å². The van der Waals surface area contributed by atoms with E-state index in [0.29, 0.717) is 23.8 Å². The molecule has 2 aromatic carbocycles. The third-order valence-corrected chi connectivity index (χ3v) is 2.87. The largest absolute Gasteiger partial charge is 0.379 e. The van der Waals surface area contributed by atoms with Gasteiger partial charge < -0.3 is 11.1 Å². The molecule has 2 rings (SSSR count). The van der Waals surface area contributed by atoms with Gasteiger partial charge in [0.05, 0.1) is 5.69 Å². The van der Waals surface area contributed by atoms with Crippen LogP contribution in [-0.4, -0.2) is 0 Å². The summed E-state index contributed by atoms with van der Waals surface area (Å²) in [6, 6.07) is 12.3. The molecule has 0 spiro atoms. The summed E-state index contributed by atoms with van der Waals surface area (Å²) in [5.74, 6) is -0.311. The van der Waals surface area contributed by atoms with Crippen molar-refractivity contribution in [2.75, 3.05) is 5.32 Å². The van der Waals surface area contributed by atoms with Gasteiger partial charge in [-0.05, 0) is 29.3 Å². The van der Waals surface area contributed by atoms with E-state index in [1.165, 1.54) is 12.1 Å². The predicted molar refractivity (Wildman–Crippen MR) is 73.1 cm³/mol. The number of hydrogen-bond acceptors (Lipinski definition) is 2. The molecular formula is C14H14ClFN2. The summed E-state index contributed by atoms with van der Waals surface area (Å²) in [5, 5.41) is 3.53. The molecule has 4 heteroatoms. The molecule has 0 aliphatic heterocycles. The van der Waals surface area contributed by atoms with E-state index in [2.05, 4.69) is 5.32 Å². The minimum atomic E-state index is -0.311. The second kappa shape index (κ2) is 5.85. The van der Waals surface area contributed by atoms with Gasteiger partial charge in [-0.15, -0.1) is 0 Å². The lowest BCUT2D eigenvalue weighted by Crippen LogP contribution is -2.03. The first kappa shape index (κ1) is 12.9. The molecule has 94 valence electrons. The van der Waals surface area contributed by atoms with Crippen LogP contribution in [0.3, 0.4) is 0 Å². The number of halogens is 2. The standard InChI is InChI=1S/C14H14ClFN2/c15-12-4-5-13(16)14(7-12)18-9-11-3-1-2-10(6-11)8-17/h1-7,18H,8-9,17H2. The molecule has 0 atom stereocenters. The summed E-state index contributed by atoms with van der Waals surface area (Å²) in [6.07, 6.45) is 0. The van der Waals surface area contributed by atoms with E-state index < -0.39 is 0 Å². The molecule has 0 saturated heterocycles. The Kier molecular flexibility index (Phi) is 4.18. The van der Waals surface area contributed by atoms with E-state index in [9.17, 15) is 4.39 Å². The maximum absolute atomic E-state index is 13.5. The Hall–Kier alpha value is -1.58. The Morgan fingerprint density at radius 2 is 1.89 bits per heavy atom. The summed E-state index contributed by atoms with van der Waals surface area (Å²) >= 11 is 5.82. The summed E-state index contributed by atoms with van der Waals surface area (Å²) < 4.78 is 13.5. The van der Waals surface area contributed by atoms with Crippen LogP contribution >= 0.6 is 11.6 Å². The van der Waals surface area contributed by atoms with Gasteiger partial charge in [-0.3, -0.25) is 0 Å². The SMILES string of the molecule is NCc1cccc(CNc2cc(Cl)ccc2F)c1. The summed E-state index contributed by atoms with van der Waals surface area (Å²) in [4.78, 5) is 0. The molecule has 0 aromatic heterocycles. The van der Waals surface area contributed by atoms with Crippen LogP contribution in [-0.2, 0) is 13.1 Å². The second-order valence-corrected chi connectivity index (χ2v) is 4.44.